The Kier molecular flexibility index (Phi) is 4.23. The molecular formula is C17H20FN3O3S. The molecule has 2 amide bonds. The predicted octanol–water partition coefficient (Wildman–Crippen LogP) is 1.98. The molecule has 0 aromatic heterocycles. The van der Waals surface area contributed by atoms with E-state index in [-0.39, 0.29) is 18.3 Å². The molecule has 3 aliphatic heterocycles. The van der Waals surface area contributed by atoms with Crippen molar-refractivity contribution in [2.24, 2.45) is 0 Å². The quantitative estimate of drug-likeness (QED) is 0.884. The lowest BCUT2D eigenvalue weighted by Crippen LogP contribution is -2.34. The number of hydrogen-bond acceptors (Lipinski definition) is 5. The van der Waals surface area contributed by atoms with Gasteiger partial charge in [0.2, 0.25) is 5.91 Å². The van der Waals surface area contributed by atoms with Gasteiger partial charge >= 0.3 is 6.09 Å². The maximum absolute atomic E-state index is 14.7. The second-order valence-electron chi connectivity index (χ2n) is 6.69. The molecule has 134 valence electrons. The van der Waals surface area contributed by atoms with E-state index in [1.165, 1.54) is 17.9 Å². The standard InChI is InChI=1S/C17H20FN3O3S/c1-10(22)19-6-13-7-21(17(23)24-13)11-2-3-16(15(18)5-11)20-8-14-4-12(20)9-25-14/h2-3,5,12-14H,4,6-9H2,1H3,(H,19,22)/t12-,13-,14-/m0/s1. The summed E-state index contributed by atoms with van der Waals surface area (Å²) in [6.45, 7) is 2.85. The first-order valence-electron chi connectivity index (χ1n) is 8.41. The second kappa shape index (κ2) is 6.40. The number of carbonyl (C=O) groups is 2. The molecular weight excluding hydrogens is 345 g/mol. The summed E-state index contributed by atoms with van der Waals surface area (Å²) in [5.74, 6) is 0.561. The number of amides is 2. The fraction of sp³-hybridized carbons (Fsp3) is 0.529. The zero-order chi connectivity index (χ0) is 17.6. The lowest BCUT2D eigenvalue weighted by atomic mass is 10.2. The number of carbonyl (C=O) groups excluding carboxylic acids is 2. The number of nitrogens with one attached hydrogen (secondary N) is 1. The Bertz CT molecular complexity index is 716. The van der Waals surface area contributed by atoms with Gasteiger partial charge in [-0.15, -0.1) is 0 Å². The monoisotopic (exact) mass is 365 g/mol. The predicted molar refractivity (Wildman–Crippen MR) is 94.7 cm³/mol. The van der Waals surface area contributed by atoms with Gasteiger partial charge in [-0.3, -0.25) is 9.69 Å². The van der Waals surface area contributed by atoms with Crippen LogP contribution in [0, 0.1) is 5.82 Å². The van der Waals surface area contributed by atoms with Crippen LogP contribution in [-0.4, -0.2) is 54.8 Å². The summed E-state index contributed by atoms with van der Waals surface area (Å²) in [7, 11) is 0. The molecule has 3 heterocycles. The molecule has 0 radical (unpaired) electrons. The number of anilines is 2. The number of benzene rings is 1. The van der Waals surface area contributed by atoms with E-state index in [9.17, 15) is 14.0 Å². The number of thioether (sulfide) groups is 1. The Morgan fingerprint density at radius 2 is 2.28 bits per heavy atom. The molecule has 0 saturated carbocycles. The van der Waals surface area contributed by atoms with Crippen molar-refractivity contribution in [1.29, 1.82) is 0 Å². The molecule has 8 heteroatoms. The van der Waals surface area contributed by atoms with Crippen molar-refractivity contribution in [3.63, 3.8) is 0 Å². The molecule has 1 N–H and O–H groups in total. The fourth-order valence-corrected chi connectivity index (χ4v) is 5.12. The van der Waals surface area contributed by atoms with Crippen molar-refractivity contribution in [2.75, 3.05) is 35.2 Å². The molecule has 3 saturated heterocycles. The number of rotatable bonds is 4. The minimum absolute atomic E-state index is 0.178. The molecule has 0 unspecified atom stereocenters. The Hall–Kier alpha value is -1.96. The molecule has 1 aromatic carbocycles. The van der Waals surface area contributed by atoms with Gasteiger partial charge in [0.05, 0.1) is 24.5 Å². The molecule has 0 spiro atoms. The summed E-state index contributed by atoms with van der Waals surface area (Å²) in [5, 5.41) is 3.23. The molecule has 25 heavy (non-hydrogen) atoms. The van der Waals surface area contributed by atoms with E-state index < -0.39 is 12.2 Å². The minimum Gasteiger partial charge on any atom is -0.442 e. The van der Waals surface area contributed by atoms with Crippen LogP contribution in [0.1, 0.15) is 13.3 Å². The molecule has 0 aliphatic carbocycles. The van der Waals surface area contributed by atoms with Crippen LogP contribution in [0.4, 0.5) is 20.6 Å². The number of nitrogens with zero attached hydrogens (tertiary/aromatic N) is 2. The van der Waals surface area contributed by atoms with Crippen LogP contribution in [0.3, 0.4) is 0 Å². The number of hydrogen-bond donors (Lipinski definition) is 1. The van der Waals surface area contributed by atoms with Crippen LogP contribution >= 0.6 is 11.8 Å². The highest BCUT2D eigenvalue weighted by molar-refractivity contribution is 8.00. The summed E-state index contributed by atoms with van der Waals surface area (Å²) in [6.07, 6.45) is 0.180. The highest BCUT2D eigenvalue weighted by atomic mass is 32.2. The zero-order valence-corrected chi connectivity index (χ0v) is 14.7. The van der Waals surface area contributed by atoms with Crippen molar-refractivity contribution in [3.8, 4) is 0 Å². The molecule has 4 rings (SSSR count). The average Bonchev–Trinajstić information content (AvgIpc) is 3.28. The Morgan fingerprint density at radius 1 is 1.44 bits per heavy atom. The molecule has 3 fully saturated rings. The zero-order valence-electron chi connectivity index (χ0n) is 13.9. The van der Waals surface area contributed by atoms with E-state index in [1.54, 1.807) is 12.1 Å². The van der Waals surface area contributed by atoms with Crippen molar-refractivity contribution < 1.29 is 18.7 Å². The van der Waals surface area contributed by atoms with Gasteiger partial charge in [0, 0.05) is 30.5 Å². The first kappa shape index (κ1) is 16.5. The second-order valence-corrected chi connectivity index (χ2v) is 8.02. The summed E-state index contributed by atoms with van der Waals surface area (Å²) in [6, 6.07) is 5.33. The first-order valence-corrected chi connectivity index (χ1v) is 9.46. The lowest BCUT2D eigenvalue weighted by molar-refractivity contribution is -0.119. The normalized spacial score (nSPS) is 27.8. The lowest BCUT2D eigenvalue weighted by Gasteiger charge is -2.29. The van der Waals surface area contributed by atoms with E-state index in [4.69, 9.17) is 4.74 Å². The van der Waals surface area contributed by atoms with Crippen LogP contribution in [0.25, 0.3) is 0 Å². The van der Waals surface area contributed by atoms with Gasteiger partial charge in [0.1, 0.15) is 11.9 Å². The third-order valence-corrected chi connectivity index (χ3v) is 6.30. The highest BCUT2D eigenvalue weighted by Gasteiger charge is 2.40. The Morgan fingerprint density at radius 3 is 2.92 bits per heavy atom. The number of cyclic esters (lactones) is 1. The smallest absolute Gasteiger partial charge is 0.414 e. The van der Waals surface area contributed by atoms with E-state index in [0.717, 1.165) is 18.7 Å². The van der Waals surface area contributed by atoms with Gasteiger partial charge in [-0.05, 0) is 24.6 Å². The SMILES string of the molecule is CC(=O)NC[C@H]1CN(c2ccc(N3C[C@@H]4C[C@H]3CS4)c(F)c2)C(=O)O1. The summed E-state index contributed by atoms with van der Waals surface area (Å²) in [5.41, 5.74) is 1.09. The van der Waals surface area contributed by atoms with E-state index in [1.807, 2.05) is 11.8 Å². The molecule has 3 aliphatic rings. The van der Waals surface area contributed by atoms with Gasteiger partial charge < -0.3 is 15.0 Å². The topological polar surface area (TPSA) is 61.9 Å². The van der Waals surface area contributed by atoms with Gasteiger partial charge in [-0.1, -0.05) is 0 Å². The van der Waals surface area contributed by atoms with Crippen LogP contribution in [0.15, 0.2) is 18.2 Å². The Balaban J connectivity index is 1.47. The van der Waals surface area contributed by atoms with Crippen LogP contribution in [0.2, 0.25) is 0 Å². The summed E-state index contributed by atoms with van der Waals surface area (Å²) in [4.78, 5) is 26.6. The van der Waals surface area contributed by atoms with E-state index >= 15 is 0 Å². The third-order valence-electron chi connectivity index (χ3n) is 4.91. The number of halogens is 1. The van der Waals surface area contributed by atoms with Gasteiger partial charge in [0.15, 0.2) is 0 Å². The number of fused-ring (bicyclic) bond motifs is 2. The maximum Gasteiger partial charge on any atom is 0.414 e. The van der Waals surface area contributed by atoms with Crippen molar-refractivity contribution >= 4 is 35.1 Å². The van der Waals surface area contributed by atoms with Gasteiger partial charge in [-0.25, -0.2) is 9.18 Å². The minimum atomic E-state index is -0.515. The molecule has 1 aromatic rings. The van der Waals surface area contributed by atoms with E-state index in [0.29, 0.717) is 29.2 Å². The fourth-order valence-electron chi connectivity index (χ4n) is 3.69. The average molecular weight is 365 g/mol. The maximum atomic E-state index is 14.7. The van der Waals surface area contributed by atoms with Crippen molar-refractivity contribution in [3.05, 3.63) is 24.0 Å². The van der Waals surface area contributed by atoms with Gasteiger partial charge in [0.25, 0.3) is 0 Å². The summed E-state index contributed by atoms with van der Waals surface area (Å²) >= 11 is 1.96. The Labute approximate surface area is 149 Å². The largest absolute Gasteiger partial charge is 0.442 e. The molecule has 6 nitrogen and oxygen atoms in total. The highest BCUT2D eigenvalue weighted by Crippen LogP contribution is 2.41. The third kappa shape index (κ3) is 3.15. The van der Waals surface area contributed by atoms with E-state index in [2.05, 4.69) is 10.2 Å². The number of ether oxygens (including phenoxy) is 1. The van der Waals surface area contributed by atoms with Crippen molar-refractivity contribution in [2.45, 2.75) is 30.7 Å². The van der Waals surface area contributed by atoms with Crippen LogP contribution in [-0.2, 0) is 9.53 Å². The summed E-state index contributed by atoms with van der Waals surface area (Å²) < 4.78 is 19.9. The van der Waals surface area contributed by atoms with Crippen LogP contribution < -0.4 is 15.1 Å². The molecule has 2 bridgehead atoms. The first-order chi connectivity index (χ1) is 12.0. The van der Waals surface area contributed by atoms with Crippen molar-refractivity contribution in [1.82, 2.24) is 5.32 Å². The molecule has 3 atom stereocenters. The van der Waals surface area contributed by atoms with Crippen LogP contribution in [0.5, 0.6) is 0 Å². The van der Waals surface area contributed by atoms with Gasteiger partial charge in [-0.2, -0.15) is 11.8 Å².